The van der Waals surface area contributed by atoms with Gasteiger partial charge < -0.3 is 11.5 Å². The Labute approximate surface area is 85.3 Å². The van der Waals surface area contributed by atoms with Gasteiger partial charge in [-0.25, -0.2) is 4.39 Å². The summed E-state index contributed by atoms with van der Waals surface area (Å²) in [5.74, 6) is -0.219. The Bertz CT molecular complexity index is 452. The van der Waals surface area contributed by atoms with Gasteiger partial charge in [-0.3, -0.25) is 0 Å². The van der Waals surface area contributed by atoms with Crippen molar-refractivity contribution in [3.05, 3.63) is 35.0 Å². The molecule has 2 rings (SSSR count). The lowest BCUT2D eigenvalue weighted by molar-refractivity contribution is 0.630. The van der Waals surface area contributed by atoms with Gasteiger partial charge in [-0.2, -0.15) is 0 Å². The number of halogens is 1. The molecule has 0 unspecified atom stereocenters. The zero-order valence-corrected chi connectivity index (χ0v) is 8.35. The lowest BCUT2D eigenvalue weighted by atomic mass is 10.2. The number of benzene rings is 1. The summed E-state index contributed by atoms with van der Waals surface area (Å²) in [4.78, 5) is 1.01. The lowest BCUT2D eigenvalue weighted by Gasteiger charge is -2.02. The van der Waals surface area contributed by atoms with Gasteiger partial charge in [0.2, 0.25) is 0 Å². The molecule has 0 aliphatic rings. The van der Waals surface area contributed by atoms with Crippen LogP contribution in [0.4, 0.5) is 4.39 Å². The van der Waals surface area contributed by atoms with Gasteiger partial charge in [0, 0.05) is 16.1 Å². The Morgan fingerprint density at radius 3 is 2.86 bits per heavy atom. The molecule has 0 fully saturated rings. The van der Waals surface area contributed by atoms with Crippen molar-refractivity contribution >= 4 is 21.4 Å². The van der Waals surface area contributed by atoms with E-state index in [1.54, 1.807) is 17.4 Å². The summed E-state index contributed by atoms with van der Waals surface area (Å²) in [6.45, 7) is 0.412. The van der Waals surface area contributed by atoms with E-state index in [-0.39, 0.29) is 11.9 Å². The first-order chi connectivity index (χ1) is 6.70. The highest BCUT2D eigenvalue weighted by Crippen LogP contribution is 2.29. The highest BCUT2D eigenvalue weighted by molar-refractivity contribution is 7.19. The largest absolute Gasteiger partial charge is 0.329 e. The van der Waals surface area contributed by atoms with E-state index in [0.29, 0.717) is 6.54 Å². The average molecular weight is 210 g/mol. The molecule has 0 saturated carbocycles. The Hall–Kier alpha value is -0.970. The third-order valence-electron chi connectivity index (χ3n) is 2.12. The molecule has 4 N–H and O–H groups in total. The molecular weight excluding hydrogens is 199 g/mol. The Balaban J connectivity index is 2.51. The summed E-state index contributed by atoms with van der Waals surface area (Å²) in [5.41, 5.74) is 11.3. The summed E-state index contributed by atoms with van der Waals surface area (Å²) >= 11 is 1.57. The van der Waals surface area contributed by atoms with Gasteiger partial charge in [-0.15, -0.1) is 11.3 Å². The van der Waals surface area contributed by atoms with Crippen LogP contribution in [0.15, 0.2) is 24.3 Å². The molecule has 0 amide bonds. The van der Waals surface area contributed by atoms with Gasteiger partial charge in [0.15, 0.2) is 0 Å². The predicted molar refractivity (Wildman–Crippen MR) is 57.8 cm³/mol. The third-order valence-corrected chi connectivity index (χ3v) is 3.36. The molecule has 1 heterocycles. The first-order valence-electron chi connectivity index (χ1n) is 4.35. The van der Waals surface area contributed by atoms with Crippen molar-refractivity contribution in [2.45, 2.75) is 6.04 Å². The van der Waals surface area contributed by atoms with Crippen LogP contribution in [0, 0.1) is 5.82 Å². The number of hydrogen-bond acceptors (Lipinski definition) is 3. The fraction of sp³-hybridized carbons (Fsp3) is 0.200. The van der Waals surface area contributed by atoms with Crippen molar-refractivity contribution in [3.63, 3.8) is 0 Å². The second-order valence-electron chi connectivity index (χ2n) is 3.17. The maximum Gasteiger partial charge on any atom is 0.123 e. The van der Waals surface area contributed by atoms with Crippen molar-refractivity contribution in [1.82, 2.24) is 0 Å². The summed E-state index contributed by atoms with van der Waals surface area (Å²) in [6, 6.07) is 6.49. The molecule has 2 aromatic rings. The van der Waals surface area contributed by atoms with Crippen molar-refractivity contribution < 1.29 is 4.39 Å². The molecule has 14 heavy (non-hydrogen) atoms. The minimum absolute atomic E-state index is 0.143. The summed E-state index contributed by atoms with van der Waals surface area (Å²) in [7, 11) is 0. The van der Waals surface area contributed by atoms with Gasteiger partial charge in [0.25, 0.3) is 0 Å². The van der Waals surface area contributed by atoms with Gasteiger partial charge in [0.05, 0.1) is 6.04 Å². The van der Waals surface area contributed by atoms with Gasteiger partial charge in [-0.05, 0) is 29.7 Å². The minimum atomic E-state index is -0.219. The van der Waals surface area contributed by atoms with Crippen molar-refractivity contribution in [3.8, 4) is 0 Å². The van der Waals surface area contributed by atoms with Crippen LogP contribution in [-0.2, 0) is 0 Å². The van der Waals surface area contributed by atoms with Gasteiger partial charge in [-0.1, -0.05) is 0 Å². The van der Waals surface area contributed by atoms with Crippen LogP contribution in [0.5, 0.6) is 0 Å². The molecule has 1 aromatic heterocycles. The summed E-state index contributed by atoms with van der Waals surface area (Å²) in [6.07, 6.45) is 0. The number of rotatable bonds is 2. The fourth-order valence-corrected chi connectivity index (χ4v) is 2.39. The quantitative estimate of drug-likeness (QED) is 0.796. The smallest absolute Gasteiger partial charge is 0.123 e. The maximum atomic E-state index is 12.9. The lowest BCUT2D eigenvalue weighted by Crippen LogP contribution is -2.19. The molecular formula is C10H11FN2S. The number of hydrogen-bond donors (Lipinski definition) is 2. The van der Waals surface area contributed by atoms with Crippen LogP contribution in [0.1, 0.15) is 10.9 Å². The first kappa shape index (κ1) is 9.58. The zero-order valence-electron chi connectivity index (χ0n) is 7.53. The number of nitrogens with two attached hydrogens (primary N) is 2. The third kappa shape index (κ3) is 1.64. The van der Waals surface area contributed by atoms with E-state index in [2.05, 4.69) is 0 Å². The molecule has 0 radical (unpaired) electrons. The van der Waals surface area contributed by atoms with E-state index in [4.69, 9.17) is 11.5 Å². The molecule has 0 aliphatic heterocycles. The Kier molecular flexibility index (Phi) is 2.50. The van der Waals surface area contributed by atoms with E-state index >= 15 is 0 Å². The zero-order chi connectivity index (χ0) is 10.1. The second kappa shape index (κ2) is 3.65. The topological polar surface area (TPSA) is 52.0 Å². The van der Waals surface area contributed by atoms with Crippen LogP contribution in [0.3, 0.4) is 0 Å². The molecule has 0 saturated heterocycles. The highest BCUT2D eigenvalue weighted by atomic mass is 32.1. The van der Waals surface area contributed by atoms with Crippen LogP contribution in [-0.4, -0.2) is 6.54 Å². The molecule has 0 spiro atoms. The second-order valence-corrected chi connectivity index (χ2v) is 4.29. The first-order valence-corrected chi connectivity index (χ1v) is 5.17. The Morgan fingerprint density at radius 1 is 1.36 bits per heavy atom. The number of fused-ring (bicyclic) bond motifs is 1. The van der Waals surface area contributed by atoms with E-state index < -0.39 is 0 Å². The maximum absolute atomic E-state index is 12.9. The van der Waals surface area contributed by atoms with E-state index in [1.165, 1.54) is 12.1 Å². The van der Waals surface area contributed by atoms with Crippen molar-refractivity contribution in [2.24, 2.45) is 11.5 Å². The molecule has 1 atom stereocenters. The van der Waals surface area contributed by atoms with Crippen molar-refractivity contribution in [2.75, 3.05) is 6.54 Å². The summed E-state index contributed by atoms with van der Waals surface area (Å²) in [5, 5.41) is 0.897. The molecule has 1 aromatic carbocycles. The van der Waals surface area contributed by atoms with Crippen LogP contribution >= 0.6 is 11.3 Å². The van der Waals surface area contributed by atoms with E-state index in [9.17, 15) is 4.39 Å². The van der Waals surface area contributed by atoms with Crippen molar-refractivity contribution in [1.29, 1.82) is 0 Å². The molecule has 0 bridgehead atoms. The predicted octanol–water partition coefficient (Wildman–Crippen LogP) is 2.00. The molecule has 4 heteroatoms. The molecule has 74 valence electrons. The molecule has 2 nitrogen and oxygen atoms in total. The fourth-order valence-electron chi connectivity index (χ4n) is 1.33. The summed E-state index contributed by atoms with van der Waals surface area (Å²) < 4.78 is 13.9. The SMILES string of the molecule is NC[C@H](N)c1cc2cc(F)ccc2s1. The normalized spacial score (nSPS) is 13.4. The van der Waals surface area contributed by atoms with Crippen LogP contribution in [0.25, 0.3) is 10.1 Å². The van der Waals surface area contributed by atoms with Crippen LogP contribution in [0.2, 0.25) is 0 Å². The monoisotopic (exact) mass is 210 g/mol. The molecule has 0 aliphatic carbocycles. The number of thiophene rings is 1. The average Bonchev–Trinajstić information content (AvgIpc) is 2.59. The van der Waals surface area contributed by atoms with Crippen LogP contribution < -0.4 is 11.5 Å². The van der Waals surface area contributed by atoms with Gasteiger partial charge in [0.1, 0.15) is 5.82 Å². The minimum Gasteiger partial charge on any atom is -0.329 e. The van der Waals surface area contributed by atoms with Gasteiger partial charge >= 0.3 is 0 Å². The standard InChI is InChI=1S/C10H11FN2S/c11-7-1-2-9-6(3-7)4-10(14-9)8(13)5-12/h1-4,8H,5,12-13H2/t8-/m0/s1. The van der Waals surface area contributed by atoms with E-state index in [0.717, 1.165) is 15.0 Å². The highest BCUT2D eigenvalue weighted by Gasteiger charge is 2.08. The Morgan fingerprint density at radius 2 is 2.14 bits per heavy atom. The van der Waals surface area contributed by atoms with E-state index in [1.807, 2.05) is 6.07 Å².